The number of carbonyl (C=O) groups excluding carboxylic acids is 1. The summed E-state index contributed by atoms with van der Waals surface area (Å²) in [6, 6.07) is 14.0. The van der Waals surface area contributed by atoms with Crippen LogP contribution in [0.2, 0.25) is 0 Å². The van der Waals surface area contributed by atoms with Crippen molar-refractivity contribution in [2.45, 2.75) is 31.8 Å². The third-order valence-corrected chi connectivity index (χ3v) is 5.58. The number of benzene rings is 1. The highest BCUT2D eigenvalue weighted by Gasteiger charge is 2.27. The van der Waals surface area contributed by atoms with Crippen LogP contribution in [0.15, 0.2) is 61.1 Å². The van der Waals surface area contributed by atoms with Crippen LogP contribution in [0, 0.1) is 5.92 Å². The van der Waals surface area contributed by atoms with E-state index in [0.717, 1.165) is 31.3 Å². The number of nitrogens with zero attached hydrogens (tertiary/aromatic N) is 3. The number of fused-ring (bicyclic) bond motifs is 1. The smallest absolute Gasteiger partial charge is 0.255 e. The maximum absolute atomic E-state index is 12.8. The van der Waals surface area contributed by atoms with E-state index >= 15 is 0 Å². The number of aromatic nitrogens is 2. The minimum Gasteiger partial charge on any atom is -0.393 e. The summed E-state index contributed by atoms with van der Waals surface area (Å²) in [5.74, 6) is 0.330. The minimum atomic E-state index is -0.301. The Morgan fingerprint density at radius 1 is 1.15 bits per heavy atom. The van der Waals surface area contributed by atoms with E-state index in [2.05, 4.69) is 17.1 Å². The van der Waals surface area contributed by atoms with Crippen LogP contribution in [0.5, 0.6) is 0 Å². The first kappa shape index (κ1) is 17.7. The largest absolute Gasteiger partial charge is 0.393 e. The number of amides is 1. The number of piperidine rings is 1. The van der Waals surface area contributed by atoms with Gasteiger partial charge in [-0.1, -0.05) is 30.3 Å². The highest BCUT2D eigenvalue weighted by atomic mass is 16.3. The zero-order valence-corrected chi connectivity index (χ0v) is 15.4. The van der Waals surface area contributed by atoms with Crippen LogP contribution in [0.1, 0.15) is 35.2 Å². The molecule has 3 aromatic rings. The Morgan fingerprint density at radius 2 is 1.93 bits per heavy atom. The summed E-state index contributed by atoms with van der Waals surface area (Å²) in [6.45, 7) is 1.40. The minimum absolute atomic E-state index is 0.0582. The molecule has 4 rings (SSSR count). The molecule has 5 nitrogen and oxygen atoms in total. The fourth-order valence-electron chi connectivity index (χ4n) is 3.91. The van der Waals surface area contributed by atoms with Crippen LogP contribution in [-0.4, -0.2) is 44.5 Å². The third kappa shape index (κ3) is 4.03. The molecule has 1 fully saturated rings. The number of hydrogen-bond donors (Lipinski definition) is 1. The van der Waals surface area contributed by atoms with Crippen molar-refractivity contribution in [3.63, 3.8) is 0 Å². The second-order valence-corrected chi connectivity index (χ2v) is 7.33. The van der Waals surface area contributed by atoms with Gasteiger partial charge in [-0.3, -0.25) is 4.79 Å². The lowest BCUT2D eigenvalue weighted by Gasteiger charge is -2.34. The van der Waals surface area contributed by atoms with Crippen molar-refractivity contribution in [1.82, 2.24) is 14.3 Å². The lowest BCUT2D eigenvalue weighted by atomic mass is 9.88. The van der Waals surface area contributed by atoms with Crippen LogP contribution in [-0.2, 0) is 6.42 Å². The lowest BCUT2D eigenvalue weighted by molar-refractivity contribution is 0.0436. The Balaban J connectivity index is 1.30. The quantitative estimate of drug-likeness (QED) is 0.757. The van der Waals surface area contributed by atoms with Gasteiger partial charge >= 0.3 is 0 Å². The maximum Gasteiger partial charge on any atom is 0.255 e. The molecular formula is C22H25N3O2. The van der Waals surface area contributed by atoms with E-state index in [1.807, 2.05) is 52.0 Å². The van der Waals surface area contributed by atoms with Crippen molar-refractivity contribution in [3.05, 3.63) is 72.2 Å². The number of aliphatic hydroxyl groups is 1. The number of hydrogen-bond acceptors (Lipinski definition) is 3. The second kappa shape index (κ2) is 7.92. The van der Waals surface area contributed by atoms with Crippen molar-refractivity contribution in [1.29, 1.82) is 0 Å². The van der Waals surface area contributed by atoms with Crippen molar-refractivity contribution < 1.29 is 9.90 Å². The maximum atomic E-state index is 12.8. The molecule has 1 atom stereocenters. The molecule has 1 aromatic carbocycles. The van der Waals surface area contributed by atoms with Gasteiger partial charge in [0.1, 0.15) is 5.65 Å². The number of aryl methyl sites for hydroxylation is 1. The second-order valence-electron chi connectivity index (χ2n) is 7.33. The summed E-state index contributed by atoms with van der Waals surface area (Å²) >= 11 is 0. The van der Waals surface area contributed by atoms with Gasteiger partial charge in [0.15, 0.2) is 0 Å². The van der Waals surface area contributed by atoms with E-state index in [1.165, 1.54) is 5.56 Å². The number of carbonyl (C=O) groups is 1. The van der Waals surface area contributed by atoms with Gasteiger partial charge in [0.2, 0.25) is 0 Å². The zero-order chi connectivity index (χ0) is 18.6. The van der Waals surface area contributed by atoms with Crippen molar-refractivity contribution in [3.8, 4) is 0 Å². The Labute approximate surface area is 159 Å². The number of pyridine rings is 1. The standard InChI is InChI=1S/C22H25N3O2/c26-20(8-6-17-4-2-1-3-5-17)18-10-13-24(14-11-18)22(27)19-7-9-21-23-12-15-25(21)16-19/h1-5,7,9,12,15-16,18,20,26H,6,8,10-11,13-14H2/t20-/m0/s1. The summed E-state index contributed by atoms with van der Waals surface area (Å²) in [5.41, 5.74) is 2.79. The van der Waals surface area contributed by atoms with Crippen molar-refractivity contribution >= 4 is 11.6 Å². The fourth-order valence-corrected chi connectivity index (χ4v) is 3.91. The van der Waals surface area contributed by atoms with Gasteiger partial charge in [-0.15, -0.1) is 0 Å². The molecule has 1 saturated heterocycles. The molecule has 0 unspecified atom stereocenters. The summed E-state index contributed by atoms with van der Waals surface area (Å²) in [5, 5.41) is 10.6. The number of likely N-dealkylation sites (tertiary alicyclic amines) is 1. The fraction of sp³-hybridized carbons (Fsp3) is 0.364. The average molecular weight is 363 g/mol. The summed E-state index contributed by atoms with van der Waals surface area (Å²) in [7, 11) is 0. The predicted molar refractivity (Wildman–Crippen MR) is 105 cm³/mol. The first-order valence-electron chi connectivity index (χ1n) is 9.65. The Hall–Kier alpha value is -2.66. The molecule has 1 aliphatic rings. The van der Waals surface area contributed by atoms with E-state index in [4.69, 9.17) is 0 Å². The van der Waals surface area contributed by atoms with Gasteiger partial charge in [0.25, 0.3) is 5.91 Å². The van der Waals surface area contributed by atoms with Crippen LogP contribution >= 0.6 is 0 Å². The molecule has 140 valence electrons. The monoisotopic (exact) mass is 363 g/mol. The van der Waals surface area contributed by atoms with Crippen LogP contribution in [0.4, 0.5) is 0 Å². The predicted octanol–water partition coefficient (Wildman–Crippen LogP) is 3.18. The molecule has 3 heterocycles. The normalized spacial score (nSPS) is 16.6. The third-order valence-electron chi connectivity index (χ3n) is 5.58. The molecule has 2 aromatic heterocycles. The summed E-state index contributed by atoms with van der Waals surface area (Å²) < 4.78 is 1.87. The molecule has 1 N–H and O–H groups in total. The van der Waals surface area contributed by atoms with Gasteiger partial charge in [0, 0.05) is 31.7 Å². The number of aliphatic hydroxyl groups excluding tert-OH is 1. The highest BCUT2D eigenvalue weighted by Crippen LogP contribution is 2.24. The van der Waals surface area contributed by atoms with E-state index in [-0.39, 0.29) is 17.9 Å². The Bertz CT molecular complexity index is 898. The molecular weight excluding hydrogens is 338 g/mol. The molecule has 0 bridgehead atoms. The van der Waals surface area contributed by atoms with Crippen molar-refractivity contribution in [2.24, 2.45) is 5.92 Å². The van der Waals surface area contributed by atoms with Gasteiger partial charge < -0.3 is 14.4 Å². The van der Waals surface area contributed by atoms with Gasteiger partial charge in [-0.25, -0.2) is 4.98 Å². The SMILES string of the molecule is O=C(c1ccc2nccn2c1)N1CCC([C@@H](O)CCc2ccccc2)CC1. The molecule has 5 heteroatoms. The molecule has 1 aliphatic heterocycles. The number of imidazole rings is 1. The molecule has 0 spiro atoms. The summed E-state index contributed by atoms with van der Waals surface area (Å²) in [4.78, 5) is 18.9. The lowest BCUT2D eigenvalue weighted by Crippen LogP contribution is -2.41. The zero-order valence-electron chi connectivity index (χ0n) is 15.4. The van der Waals surface area contributed by atoms with E-state index in [0.29, 0.717) is 18.7 Å². The Morgan fingerprint density at radius 3 is 2.70 bits per heavy atom. The first-order valence-corrected chi connectivity index (χ1v) is 9.65. The molecule has 0 saturated carbocycles. The van der Waals surface area contributed by atoms with Crippen molar-refractivity contribution in [2.75, 3.05) is 13.1 Å². The number of rotatable bonds is 5. The molecule has 0 aliphatic carbocycles. The van der Waals surface area contributed by atoms with Crippen LogP contribution in [0.25, 0.3) is 5.65 Å². The molecule has 0 radical (unpaired) electrons. The topological polar surface area (TPSA) is 57.8 Å². The van der Waals surface area contributed by atoms with E-state index in [1.54, 1.807) is 6.20 Å². The van der Waals surface area contributed by atoms with E-state index < -0.39 is 0 Å². The van der Waals surface area contributed by atoms with Gasteiger partial charge in [-0.2, -0.15) is 0 Å². The summed E-state index contributed by atoms with van der Waals surface area (Å²) in [6.07, 6.45) is 8.50. The Kier molecular flexibility index (Phi) is 5.21. The van der Waals surface area contributed by atoms with Crippen LogP contribution < -0.4 is 0 Å². The molecule has 1 amide bonds. The van der Waals surface area contributed by atoms with Gasteiger partial charge in [0.05, 0.1) is 11.7 Å². The van der Waals surface area contributed by atoms with Gasteiger partial charge in [-0.05, 0) is 49.3 Å². The van der Waals surface area contributed by atoms with E-state index in [9.17, 15) is 9.90 Å². The average Bonchev–Trinajstić information content (AvgIpc) is 3.20. The molecule has 27 heavy (non-hydrogen) atoms. The first-order chi connectivity index (χ1) is 13.2. The van der Waals surface area contributed by atoms with Crippen LogP contribution in [0.3, 0.4) is 0 Å². The highest BCUT2D eigenvalue weighted by molar-refractivity contribution is 5.94.